The molecule has 0 bridgehead atoms. The Hall–Kier alpha value is -2.54. The minimum Gasteiger partial charge on any atom is -0.364 e. The zero-order valence-electron chi connectivity index (χ0n) is 15.1. The van der Waals surface area contributed by atoms with Gasteiger partial charge in [-0.15, -0.1) is 0 Å². The van der Waals surface area contributed by atoms with Crippen molar-refractivity contribution < 1.29 is 0 Å². The molecule has 3 N–H and O–H groups in total. The molecule has 1 aliphatic carbocycles. The first-order valence-electron chi connectivity index (χ1n) is 9.32. The third-order valence-corrected chi connectivity index (χ3v) is 4.87. The maximum atomic E-state index is 5.99. The minimum atomic E-state index is 0.0153. The van der Waals surface area contributed by atoms with Gasteiger partial charge in [0.15, 0.2) is 11.5 Å². The molecule has 0 radical (unpaired) electrons. The molecule has 1 aliphatic rings. The van der Waals surface area contributed by atoms with Gasteiger partial charge in [0.2, 0.25) is 0 Å². The highest BCUT2D eigenvalue weighted by Crippen LogP contribution is 2.32. The summed E-state index contributed by atoms with van der Waals surface area (Å²) >= 11 is 0. The number of imidazole rings is 1. The molecule has 1 unspecified atom stereocenters. The van der Waals surface area contributed by atoms with Crippen LogP contribution in [0.25, 0.3) is 11.2 Å². The number of nitrogens with two attached hydrogens (primary N) is 1. The number of hydrogen-bond acceptors (Lipinski definition) is 6. The van der Waals surface area contributed by atoms with Gasteiger partial charge in [-0.3, -0.25) is 4.98 Å². The van der Waals surface area contributed by atoms with Crippen molar-refractivity contribution in [2.45, 2.75) is 57.7 Å². The summed E-state index contributed by atoms with van der Waals surface area (Å²) in [5.41, 5.74) is 8.83. The fraction of sp³-hybridized carbons (Fsp3) is 0.474. The van der Waals surface area contributed by atoms with Gasteiger partial charge in [-0.1, -0.05) is 18.9 Å². The van der Waals surface area contributed by atoms with Crippen molar-refractivity contribution in [3.05, 3.63) is 42.2 Å². The molecule has 26 heavy (non-hydrogen) atoms. The molecule has 7 heteroatoms. The van der Waals surface area contributed by atoms with Gasteiger partial charge in [-0.05, 0) is 31.4 Å². The third-order valence-electron chi connectivity index (χ3n) is 4.87. The van der Waals surface area contributed by atoms with Crippen LogP contribution in [0.3, 0.4) is 0 Å². The van der Waals surface area contributed by atoms with Crippen molar-refractivity contribution in [1.82, 2.24) is 24.5 Å². The van der Waals surface area contributed by atoms with E-state index in [1.165, 1.54) is 25.7 Å². The summed E-state index contributed by atoms with van der Waals surface area (Å²) in [7, 11) is 0. The summed E-state index contributed by atoms with van der Waals surface area (Å²) in [5.74, 6) is 1.53. The average Bonchev–Trinajstić information content (AvgIpc) is 3.29. The van der Waals surface area contributed by atoms with Crippen LogP contribution in [0.1, 0.15) is 50.0 Å². The van der Waals surface area contributed by atoms with Crippen LogP contribution in [0.2, 0.25) is 0 Å². The molecule has 1 saturated carbocycles. The first-order chi connectivity index (χ1) is 12.7. The smallest absolute Gasteiger partial charge is 0.166 e. The number of aromatic nitrogens is 5. The van der Waals surface area contributed by atoms with Gasteiger partial charge in [-0.25, -0.2) is 15.0 Å². The largest absolute Gasteiger partial charge is 0.364 e. The second kappa shape index (κ2) is 7.37. The predicted octanol–water partition coefficient (Wildman–Crippen LogP) is 2.84. The molecule has 0 amide bonds. The second-order valence-electron chi connectivity index (χ2n) is 7.15. The molecule has 3 aromatic rings. The first-order valence-corrected chi connectivity index (χ1v) is 9.32. The Bertz CT molecular complexity index is 866. The lowest BCUT2D eigenvalue weighted by atomic mass is 10.2. The van der Waals surface area contributed by atoms with Crippen LogP contribution >= 0.6 is 0 Å². The number of rotatable bonds is 6. The molecule has 7 nitrogen and oxygen atoms in total. The van der Waals surface area contributed by atoms with Crippen molar-refractivity contribution in [2.75, 3.05) is 5.32 Å². The number of fused-ring (bicyclic) bond motifs is 1. The molecule has 136 valence electrons. The van der Waals surface area contributed by atoms with Crippen LogP contribution in [0.5, 0.6) is 0 Å². The normalized spacial score (nSPS) is 16.2. The third kappa shape index (κ3) is 3.53. The monoisotopic (exact) mass is 351 g/mol. The molecule has 3 heterocycles. The van der Waals surface area contributed by atoms with E-state index in [0.717, 1.165) is 28.4 Å². The fourth-order valence-electron chi connectivity index (χ4n) is 3.60. The summed E-state index contributed by atoms with van der Waals surface area (Å²) in [6.45, 7) is 2.62. The van der Waals surface area contributed by atoms with E-state index in [2.05, 4.69) is 19.9 Å². The topological polar surface area (TPSA) is 94.5 Å². The molecule has 0 spiro atoms. The Labute approximate surface area is 153 Å². The number of hydrogen-bond donors (Lipinski definition) is 2. The lowest BCUT2D eigenvalue weighted by molar-refractivity contribution is 0.528. The Balaban J connectivity index is 1.69. The van der Waals surface area contributed by atoms with E-state index in [9.17, 15) is 0 Å². The van der Waals surface area contributed by atoms with E-state index >= 15 is 0 Å². The van der Waals surface area contributed by atoms with E-state index in [1.54, 1.807) is 6.20 Å². The van der Waals surface area contributed by atoms with Gasteiger partial charge < -0.3 is 15.6 Å². The maximum absolute atomic E-state index is 5.99. The SMILES string of the molecule is CC(N)Cc1nc(NCc2cccnc2)c2ncn(C3CCCC3)c2n1. The van der Waals surface area contributed by atoms with E-state index in [0.29, 0.717) is 19.0 Å². The van der Waals surface area contributed by atoms with Gasteiger partial charge in [0, 0.05) is 37.4 Å². The van der Waals surface area contributed by atoms with Crippen LogP contribution in [-0.4, -0.2) is 30.5 Å². The molecule has 4 rings (SSSR count). The lowest BCUT2D eigenvalue weighted by Gasteiger charge is -2.14. The molecule has 0 saturated heterocycles. The lowest BCUT2D eigenvalue weighted by Crippen LogP contribution is -2.20. The maximum Gasteiger partial charge on any atom is 0.166 e. The number of nitrogens with zero attached hydrogens (tertiary/aromatic N) is 5. The van der Waals surface area contributed by atoms with Crippen molar-refractivity contribution >= 4 is 17.0 Å². The first kappa shape index (κ1) is 16.9. The van der Waals surface area contributed by atoms with Crippen molar-refractivity contribution in [2.24, 2.45) is 5.73 Å². The van der Waals surface area contributed by atoms with E-state index in [4.69, 9.17) is 15.7 Å². The summed E-state index contributed by atoms with van der Waals surface area (Å²) in [6, 6.07) is 4.48. The quantitative estimate of drug-likeness (QED) is 0.709. The zero-order valence-corrected chi connectivity index (χ0v) is 15.1. The van der Waals surface area contributed by atoms with E-state index < -0.39 is 0 Å². The Morgan fingerprint density at radius 1 is 1.31 bits per heavy atom. The van der Waals surface area contributed by atoms with Gasteiger partial charge in [0.1, 0.15) is 11.3 Å². The van der Waals surface area contributed by atoms with Crippen LogP contribution in [0, 0.1) is 0 Å². The summed E-state index contributed by atoms with van der Waals surface area (Å²) in [4.78, 5) is 18.3. The average molecular weight is 351 g/mol. The molecular weight excluding hydrogens is 326 g/mol. The van der Waals surface area contributed by atoms with Crippen molar-refractivity contribution in [1.29, 1.82) is 0 Å². The van der Waals surface area contributed by atoms with Crippen LogP contribution in [0.4, 0.5) is 5.82 Å². The number of pyridine rings is 1. The Kier molecular flexibility index (Phi) is 4.79. The van der Waals surface area contributed by atoms with Crippen molar-refractivity contribution in [3.63, 3.8) is 0 Å². The Morgan fingerprint density at radius 2 is 2.15 bits per heavy atom. The second-order valence-corrected chi connectivity index (χ2v) is 7.15. The highest BCUT2D eigenvalue weighted by molar-refractivity contribution is 5.83. The summed E-state index contributed by atoms with van der Waals surface area (Å²) in [6.07, 6.45) is 11.1. The molecule has 1 fully saturated rings. The van der Waals surface area contributed by atoms with Gasteiger partial charge in [0.05, 0.1) is 6.33 Å². The summed E-state index contributed by atoms with van der Waals surface area (Å²) in [5, 5.41) is 3.41. The summed E-state index contributed by atoms with van der Waals surface area (Å²) < 4.78 is 2.23. The van der Waals surface area contributed by atoms with E-state index in [1.807, 2.05) is 31.6 Å². The molecule has 0 aromatic carbocycles. The zero-order chi connectivity index (χ0) is 17.9. The van der Waals surface area contributed by atoms with Crippen LogP contribution in [0.15, 0.2) is 30.9 Å². The predicted molar refractivity (Wildman–Crippen MR) is 102 cm³/mol. The molecule has 0 aliphatic heterocycles. The van der Waals surface area contributed by atoms with Gasteiger partial charge >= 0.3 is 0 Å². The van der Waals surface area contributed by atoms with Crippen molar-refractivity contribution in [3.8, 4) is 0 Å². The Morgan fingerprint density at radius 3 is 2.88 bits per heavy atom. The van der Waals surface area contributed by atoms with Gasteiger partial charge in [0.25, 0.3) is 0 Å². The standard InChI is InChI=1S/C19H25N7/c1-13(20)9-16-24-18(22-11-14-5-4-8-21-10-14)17-19(25-16)26(12-23-17)15-6-2-3-7-15/h4-5,8,10,12-13,15H,2-3,6-7,9,11,20H2,1H3,(H,22,24,25). The molecule has 3 aromatic heterocycles. The fourth-order valence-corrected chi connectivity index (χ4v) is 3.60. The van der Waals surface area contributed by atoms with E-state index in [-0.39, 0.29) is 6.04 Å². The number of anilines is 1. The molecule has 1 atom stereocenters. The highest BCUT2D eigenvalue weighted by atomic mass is 15.2. The van der Waals surface area contributed by atoms with Crippen LogP contribution in [-0.2, 0) is 13.0 Å². The molecular formula is C19H25N7. The van der Waals surface area contributed by atoms with Gasteiger partial charge in [-0.2, -0.15) is 0 Å². The van der Waals surface area contributed by atoms with Crippen LogP contribution < -0.4 is 11.1 Å². The number of nitrogens with one attached hydrogen (secondary N) is 1. The highest BCUT2D eigenvalue weighted by Gasteiger charge is 2.22. The minimum absolute atomic E-state index is 0.0153.